The Balaban J connectivity index is 0.00000270. The van der Waals surface area contributed by atoms with Gasteiger partial charge in [0.1, 0.15) is 12.6 Å². The van der Waals surface area contributed by atoms with E-state index in [2.05, 4.69) is 36.7 Å². The zero-order chi connectivity index (χ0) is 32.9. The van der Waals surface area contributed by atoms with Crippen LogP contribution in [0.4, 0.5) is 5.69 Å². The van der Waals surface area contributed by atoms with Crippen molar-refractivity contribution in [2.24, 2.45) is 11.8 Å². The largest absolute Gasteiger partial charge is 0.461 e. The Morgan fingerprint density at radius 2 is 1.60 bits per heavy atom. The van der Waals surface area contributed by atoms with Crippen molar-refractivity contribution in [3.63, 3.8) is 0 Å². The molecule has 1 fully saturated rings. The van der Waals surface area contributed by atoms with Crippen molar-refractivity contribution in [1.29, 1.82) is 0 Å². The average molecular weight is 607 g/mol. The van der Waals surface area contributed by atoms with Gasteiger partial charge >= 0.3 is 5.97 Å². The van der Waals surface area contributed by atoms with Crippen LogP contribution in [0.5, 0.6) is 0 Å². The summed E-state index contributed by atoms with van der Waals surface area (Å²) >= 11 is 0. The van der Waals surface area contributed by atoms with Gasteiger partial charge in [0.15, 0.2) is 0 Å². The van der Waals surface area contributed by atoms with Crippen LogP contribution in [0.1, 0.15) is 86.1 Å². The number of imide groups is 1. The molecule has 242 valence electrons. The molecule has 43 heavy (non-hydrogen) atoms. The van der Waals surface area contributed by atoms with Crippen LogP contribution in [0, 0.1) is 11.8 Å². The molecule has 4 N–H and O–H groups in total. The molecule has 12 heteroatoms. The zero-order valence-electron chi connectivity index (χ0n) is 26.7. The number of carbonyl (C=O) groups is 6. The molecule has 1 aliphatic rings. The summed E-state index contributed by atoms with van der Waals surface area (Å²) in [4.78, 5) is 72.3. The van der Waals surface area contributed by atoms with Crippen molar-refractivity contribution in [1.82, 2.24) is 15.5 Å². The number of unbranched alkanes of at least 4 members (excludes halogenated alkanes) is 2. The van der Waals surface area contributed by atoms with Crippen LogP contribution in [0.3, 0.4) is 0 Å². The molecule has 0 aromatic heterocycles. The Morgan fingerprint density at radius 3 is 2.12 bits per heavy atom. The summed E-state index contributed by atoms with van der Waals surface area (Å²) in [6.07, 6.45) is 2.01. The molecule has 2 rings (SSSR count). The summed E-state index contributed by atoms with van der Waals surface area (Å²) in [5.74, 6) is -1.83. The molecule has 0 spiro atoms. The summed E-state index contributed by atoms with van der Waals surface area (Å²) in [5, 5.41) is 16.9. The van der Waals surface area contributed by atoms with Gasteiger partial charge in [0.05, 0.1) is 13.2 Å². The highest BCUT2D eigenvalue weighted by Crippen LogP contribution is 2.19. The maximum atomic E-state index is 12.3. The minimum absolute atomic E-state index is 0.107. The quantitative estimate of drug-likeness (QED) is 0.142. The van der Waals surface area contributed by atoms with Gasteiger partial charge in [0.25, 0.3) is 0 Å². The third-order valence-electron chi connectivity index (χ3n) is 5.69. The highest BCUT2D eigenvalue weighted by Gasteiger charge is 2.34. The lowest BCUT2D eigenvalue weighted by atomic mass is 10.1. The first-order chi connectivity index (χ1) is 20.3. The number of anilines is 1. The van der Waals surface area contributed by atoms with Gasteiger partial charge in [-0.2, -0.15) is 0 Å². The maximum absolute atomic E-state index is 12.3. The highest BCUT2D eigenvalue weighted by atomic mass is 16.5. The van der Waals surface area contributed by atoms with Crippen LogP contribution in [0.15, 0.2) is 24.3 Å². The van der Waals surface area contributed by atoms with Crippen LogP contribution in [-0.4, -0.2) is 71.2 Å². The first-order valence-corrected chi connectivity index (χ1v) is 14.9. The summed E-state index contributed by atoms with van der Waals surface area (Å²) < 4.78 is 4.89. The molecule has 0 saturated carbocycles. The Kier molecular flexibility index (Phi) is 19.9. The summed E-state index contributed by atoms with van der Waals surface area (Å²) in [7, 11) is 0. The second kappa shape index (κ2) is 21.8. The minimum Gasteiger partial charge on any atom is -0.461 e. The van der Waals surface area contributed by atoms with Crippen LogP contribution in [0.2, 0.25) is 0 Å². The van der Waals surface area contributed by atoms with E-state index in [1.165, 1.54) is 11.8 Å². The van der Waals surface area contributed by atoms with Gasteiger partial charge in [-0.15, -0.1) is 0 Å². The number of amides is 5. The van der Waals surface area contributed by atoms with Gasteiger partial charge in [0.2, 0.25) is 29.5 Å². The van der Waals surface area contributed by atoms with Gasteiger partial charge < -0.3 is 25.8 Å². The van der Waals surface area contributed by atoms with E-state index >= 15 is 0 Å². The molecule has 0 aliphatic carbocycles. The molecule has 1 heterocycles. The summed E-state index contributed by atoms with van der Waals surface area (Å²) in [6, 6.07) is 5.40. The minimum atomic E-state index is -1.21. The molecular weight excluding hydrogens is 556 g/mol. The van der Waals surface area contributed by atoms with E-state index in [4.69, 9.17) is 4.74 Å². The number of aliphatic hydroxyl groups excluding tert-OH is 1. The van der Waals surface area contributed by atoms with Gasteiger partial charge in [-0.05, 0) is 36.5 Å². The Labute approximate surface area is 255 Å². The smallest absolute Gasteiger partial charge is 0.302 e. The van der Waals surface area contributed by atoms with Crippen molar-refractivity contribution < 1.29 is 38.6 Å². The molecule has 1 aromatic carbocycles. The fraction of sp³-hybridized carbons (Fsp3) is 0.613. The van der Waals surface area contributed by atoms with E-state index in [9.17, 15) is 33.9 Å². The number of aliphatic hydroxyl groups is 1. The van der Waals surface area contributed by atoms with Gasteiger partial charge in [-0.1, -0.05) is 60.1 Å². The monoisotopic (exact) mass is 606 g/mol. The van der Waals surface area contributed by atoms with Gasteiger partial charge in [-0.3, -0.25) is 33.7 Å². The molecule has 0 radical (unpaired) electrons. The highest BCUT2D eigenvalue weighted by molar-refractivity contribution is 6.03. The molecule has 2 atom stereocenters. The third kappa shape index (κ3) is 17.0. The first-order valence-electron chi connectivity index (χ1n) is 14.9. The molecule has 1 aromatic rings. The predicted octanol–water partition coefficient (Wildman–Crippen LogP) is 2.93. The maximum Gasteiger partial charge on any atom is 0.302 e. The molecule has 0 bridgehead atoms. The molecule has 5 amide bonds. The fourth-order valence-corrected chi connectivity index (χ4v) is 3.64. The van der Waals surface area contributed by atoms with Crippen LogP contribution >= 0.6 is 0 Å². The Bertz CT molecular complexity index is 1040. The number of benzene rings is 1. The van der Waals surface area contributed by atoms with Gasteiger partial charge in [-0.25, -0.2) is 0 Å². The molecule has 1 saturated heterocycles. The standard InChI is InChI=1S/C25H34N4O8.C4H10.C2H6/c1-16-12-23(34)29(25(16)36)11-5-3-4-6-21(32)28-20(14-30)24(35)26-13-22(33)27-19-9-7-18(8-10-19)15-37-17(2)31;1-4(2)3;1-2/h7-10,16,20,30H,3-6,11-15H2,1-2H3,(H,26,35)(H,27,33)(H,28,32);4H,1-3H3;1-2H3. The SMILES string of the molecule is CC.CC(=O)OCc1ccc(NC(=O)CNC(=O)C(CO)NC(=O)CCCCCN2C(=O)CC(C)C2=O)cc1.CC(C)C. The lowest BCUT2D eigenvalue weighted by Crippen LogP contribution is -2.50. The lowest BCUT2D eigenvalue weighted by Gasteiger charge is -2.16. The number of ether oxygens (including phenoxy) is 1. The van der Waals surface area contributed by atoms with Crippen LogP contribution in [-0.2, 0) is 40.1 Å². The lowest BCUT2D eigenvalue weighted by molar-refractivity contribution is -0.142. The molecule has 12 nitrogen and oxygen atoms in total. The van der Waals surface area contributed by atoms with Crippen molar-refractivity contribution >= 4 is 41.2 Å². The number of likely N-dealkylation sites (tertiary alicyclic amines) is 1. The number of rotatable bonds is 14. The van der Waals surface area contributed by atoms with Crippen LogP contribution in [0.25, 0.3) is 0 Å². The fourth-order valence-electron chi connectivity index (χ4n) is 3.64. The topological polar surface area (TPSA) is 171 Å². The number of hydrogen-bond donors (Lipinski definition) is 4. The number of hydrogen-bond acceptors (Lipinski definition) is 8. The Morgan fingerprint density at radius 1 is 1.00 bits per heavy atom. The average Bonchev–Trinajstić information content (AvgIpc) is 3.20. The summed E-state index contributed by atoms with van der Waals surface area (Å²) in [5.41, 5.74) is 1.22. The van der Waals surface area contributed by atoms with Crippen molar-refractivity contribution in [3.8, 4) is 0 Å². The Hall–Kier alpha value is -3.80. The molecular formula is C31H50N4O8. The van der Waals surface area contributed by atoms with E-state index in [0.717, 1.165) is 11.5 Å². The zero-order valence-corrected chi connectivity index (χ0v) is 26.7. The normalized spacial score (nSPS) is 14.5. The number of carbonyl (C=O) groups excluding carboxylic acids is 6. The predicted molar refractivity (Wildman–Crippen MR) is 163 cm³/mol. The summed E-state index contributed by atoms with van der Waals surface area (Å²) in [6.45, 7) is 13.0. The van der Waals surface area contributed by atoms with E-state index in [1.807, 2.05) is 13.8 Å². The number of nitrogens with one attached hydrogen (secondary N) is 3. The van der Waals surface area contributed by atoms with Crippen molar-refractivity contribution in [3.05, 3.63) is 29.8 Å². The number of nitrogens with zero attached hydrogens (tertiary/aromatic N) is 1. The third-order valence-corrected chi connectivity index (χ3v) is 5.69. The van der Waals surface area contributed by atoms with E-state index in [1.54, 1.807) is 31.2 Å². The second-order valence-corrected chi connectivity index (χ2v) is 10.6. The van der Waals surface area contributed by atoms with Crippen LogP contribution < -0.4 is 16.0 Å². The van der Waals surface area contributed by atoms with E-state index < -0.39 is 36.3 Å². The molecule has 1 aliphatic heterocycles. The number of esters is 1. The van der Waals surface area contributed by atoms with Gasteiger partial charge in [0, 0.05) is 37.9 Å². The van der Waals surface area contributed by atoms with Crippen molar-refractivity contribution in [2.75, 3.05) is 25.0 Å². The molecule has 2 unspecified atom stereocenters. The van der Waals surface area contributed by atoms with E-state index in [0.29, 0.717) is 31.5 Å². The second-order valence-electron chi connectivity index (χ2n) is 10.6. The van der Waals surface area contributed by atoms with Crippen molar-refractivity contribution in [2.45, 2.75) is 93.2 Å². The van der Waals surface area contributed by atoms with E-state index in [-0.39, 0.29) is 43.7 Å². The first kappa shape index (κ1) is 39.2.